The summed E-state index contributed by atoms with van der Waals surface area (Å²) in [5.74, 6) is -0.972. The van der Waals surface area contributed by atoms with Gasteiger partial charge in [-0.2, -0.15) is 0 Å². The van der Waals surface area contributed by atoms with E-state index in [1.807, 2.05) is 0 Å². The second-order valence-corrected chi connectivity index (χ2v) is 4.74. The van der Waals surface area contributed by atoms with Gasteiger partial charge in [0.1, 0.15) is 11.2 Å². The summed E-state index contributed by atoms with van der Waals surface area (Å²) in [7, 11) is 1.33. The van der Waals surface area contributed by atoms with E-state index < -0.39 is 16.4 Å². The summed E-state index contributed by atoms with van der Waals surface area (Å²) < 4.78 is 10.1. The Morgan fingerprint density at radius 3 is 2.67 bits per heavy atom. The summed E-state index contributed by atoms with van der Waals surface area (Å²) in [6.07, 6.45) is 0.466. The number of nitro groups is 1. The molecule has 0 spiro atoms. The van der Waals surface area contributed by atoms with Gasteiger partial charge in [0.15, 0.2) is 5.75 Å². The molecule has 2 N–H and O–H groups in total. The number of ether oxygens (including phenoxy) is 2. The molecular weight excluding hydrogens is 280 g/mol. The fourth-order valence-corrected chi connectivity index (χ4v) is 2.35. The van der Waals surface area contributed by atoms with Gasteiger partial charge in [0.25, 0.3) is 0 Å². The first kappa shape index (κ1) is 15.0. The molecule has 0 bridgehead atoms. The topological polar surface area (TPSA) is 111 Å². The Bertz CT molecular complexity index is 554. The lowest BCUT2D eigenvalue weighted by Gasteiger charge is -2.34. The number of nitrogens with one attached hydrogen (secondary N) is 1. The second kappa shape index (κ2) is 5.96. The monoisotopic (exact) mass is 296 g/mol. The minimum absolute atomic E-state index is 0.0811. The number of nitrogens with zero attached hydrogens (tertiary/aromatic N) is 1. The number of hydrogen-bond acceptors (Lipinski definition) is 6. The molecule has 0 aliphatic carbocycles. The van der Waals surface area contributed by atoms with Crippen molar-refractivity contribution in [2.45, 2.75) is 18.4 Å². The van der Waals surface area contributed by atoms with Crippen molar-refractivity contribution in [2.75, 3.05) is 25.6 Å². The van der Waals surface area contributed by atoms with Crippen LogP contribution in [0.5, 0.6) is 5.75 Å². The summed E-state index contributed by atoms with van der Waals surface area (Å²) in [6.45, 7) is 0.578. The van der Waals surface area contributed by atoms with Gasteiger partial charge in [-0.15, -0.1) is 0 Å². The summed E-state index contributed by atoms with van der Waals surface area (Å²) in [5, 5.41) is 23.5. The number of benzene rings is 1. The van der Waals surface area contributed by atoms with Crippen LogP contribution in [0.25, 0.3) is 0 Å². The van der Waals surface area contributed by atoms with Gasteiger partial charge in [-0.3, -0.25) is 10.1 Å². The minimum Gasteiger partial charge on any atom is -0.490 e. The molecule has 114 valence electrons. The average molecular weight is 296 g/mol. The molecule has 1 aromatic rings. The SMILES string of the molecule is COc1cccc(NC2(C(=O)O)CCOCC2)c1[N+](=O)[O-]. The minimum atomic E-state index is -1.27. The van der Waals surface area contributed by atoms with Gasteiger partial charge in [0.05, 0.1) is 12.0 Å². The highest BCUT2D eigenvalue weighted by molar-refractivity contribution is 5.85. The molecule has 1 fully saturated rings. The molecule has 0 amide bonds. The number of carbonyl (C=O) groups is 1. The molecule has 1 aliphatic heterocycles. The Labute approximate surface area is 120 Å². The molecule has 1 saturated heterocycles. The van der Waals surface area contributed by atoms with Gasteiger partial charge in [-0.25, -0.2) is 4.79 Å². The largest absolute Gasteiger partial charge is 0.490 e. The van der Waals surface area contributed by atoms with E-state index in [1.54, 1.807) is 6.07 Å². The molecule has 0 saturated carbocycles. The molecule has 0 atom stereocenters. The number of aliphatic carboxylic acids is 1. The summed E-state index contributed by atoms with van der Waals surface area (Å²) >= 11 is 0. The van der Waals surface area contributed by atoms with Gasteiger partial charge in [0.2, 0.25) is 0 Å². The average Bonchev–Trinajstić information content (AvgIpc) is 2.47. The third kappa shape index (κ3) is 2.89. The quantitative estimate of drug-likeness (QED) is 0.627. The Morgan fingerprint density at radius 1 is 1.48 bits per heavy atom. The Kier molecular flexibility index (Phi) is 4.27. The van der Waals surface area contributed by atoms with Crippen molar-refractivity contribution < 1.29 is 24.3 Å². The maximum Gasteiger partial charge on any atom is 0.333 e. The number of methoxy groups -OCH3 is 1. The number of nitro benzene ring substituents is 1. The Morgan fingerprint density at radius 2 is 2.14 bits per heavy atom. The van der Waals surface area contributed by atoms with Crippen molar-refractivity contribution in [1.29, 1.82) is 0 Å². The van der Waals surface area contributed by atoms with Crippen LogP contribution in [-0.2, 0) is 9.53 Å². The first-order chi connectivity index (χ1) is 10.00. The molecule has 21 heavy (non-hydrogen) atoms. The summed E-state index contributed by atoms with van der Waals surface area (Å²) in [6, 6.07) is 4.50. The van der Waals surface area contributed by atoms with E-state index >= 15 is 0 Å². The number of hydrogen-bond donors (Lipinski definition) is 2. The Hall–Kier alpha value is -2.35. The van der Waals surface area contributed by atoms with E-state index in [-0.39, 0.29) is 43.2 Å². The second-order valence-electron chi connectivity index (χ2n) is 4.74. The van der Waals surface area contributed by atoms with Crippen LogP contribution in [0.3, 0.4) is 0 Å². The number of carboxylic acid groups (broad SMARTS) is 1. The van der Waals surface area contributed by atoms with Crippen LogP contribution < -0.4 is 10.1 Å². The molecule has 1 heterocycles. The third-order valence-electron chi connectivity index (χ3n) is 3.53. The molecule has 1 aromatic carbocycles. The third-order valence-corrected chi connectivity index (χ3v) is 3.53. The molecule has 2 rings (SSSR count). The zero-order chi connectivity index (χ0) is 15.5. The number of anilines is 1. The fraction of sp³-hybridized carbons (Fsp3) is 0.462. The first-order valence-corrected chi connectivity index (χ1v) is 6.41. The summed E-state index contributed by atoms with van der Waals surface area (Å²) in [5.41, 5.74) is -1.41. The predicted molar refractivity (Wildman–Crippen MR) is 73.7 cm³/mol. The lowest BCUT2D eigenvalue weighted by Crippen LogP contribution is -2.50. The highest BCUT2D eigenvalue weighted by atomic mass is 16.6. The van der Waals surface area contributed by atoms with Gasteiger partial charge in [-0.1, -0.05) is 6.07 Å². The standard InChI is InChI=1S/C13H16N2O6/c1-20-10-4-2-3-9(11(10)15(18)19)14-13(12(16)17)5-7-21-8-6-13/h2-4,14H,5-8H2,1H3,(H,16,17). The van der Waals surface area contributed by atoms with E-state index in [2.05, 4.69) is 5.32 Å². The predicted octanol–water partition coefficient (Wildman–Crippen LogP) is 1.65. The van der Waals surface area contributed by atoms with Crippen molar-refractivity contribution in [1.82, 2.24) is 0 Å². The van der Waals surface area contributed by atoms with Crippen LogP contribution in [0.1, 0.15) is 12.8 Å². The smallest absolute Gasteiger partial charge is 0.333 e. The van der Waals surface area contributed by atoms with E-state index in [4.69, 9.17) is 9.47 Å². The van der Waals surface area contributed by atoms with Crippen molar-refractivity contribution in [3.8, 4) is 5.75 Å². The van der Waals surface area contributed by atoms with Crippen LogP contribution in [0, 0.1) is 10.1 Å². The van der Waals surface area contributed by atoms with Crippen LogP contribution in [-0.4, -0.2) is 41.9 Å². The normalized spacial score (nSPS) is 17.0. The van der Waals surface area contributed by atoms with Gasteiger partial charge >= 0.3 is 11.7 Å². The van der Waals surface area contributed by atoms with Gasteiger partial charge < -0.3 is 19.9 Å². The molecular formula is C13H16N2O6. The molecule has 8 heteroatoms. The van der Waals surface area contributed by atoms with E-state index in [0.29, 0.717) is 0 Å². The lowest BCUT2D eigenvalue weighted by atomic mass is 9.89. The van der Waals surface area contributed by atoms with Crippen LogP contribution in [0.15, 0.2) is 18.2 Å². The fourth-order valence-electron chi connectivity index (χ4n) is 2.35. The first-order valence-electron chi connectivity index (χ1n) is 6.41. The number of carboxylic acids is 1. The highest BCUT2D eigenvalue weighted by Crippen LogP contribution is 2.37. The number of para-hydroxylation sites is 1. The van der Waals surface area contributed by atoms with E-state index in [0.717, 1.165) is 0 Å². The lowest BCUT2D eigenvalue weighted by molar-refractivity contribution is -0.384. The molecule has 0 aromatic heterocycles. The van der Waals surface area contributed by atoms with Gasteiger partial charge in [0, 0.05) is 26.1 Å². The zero-order valence-corrected chi connectivity index (χ0v) is 11.5. The maximum atomic E-state index is 11.6. The van der Waals surface area contributed by atoms with Crippen LogP contribution >= 0.6 is 0 Å². The molecule has 0 radical (unpaired) electrons. The molecule has 8 nitrogen and oxygen atoms in total. The zero-order valence-electron chi connectivity index (χ0n) is 11.5. The van der Waals surface area contributed by atoms with Crippen molar-refractivity contribution in [3.63, 3.8) is 0 Å². The van der Waals surface area contributed by atoms with Crippen molar-refractivity contribution >= 4 is 17.3 Å². The van der Waals surface area contributed by atoms with Crippen molar-refractivity contribution in [2.24, 2.45) is 0 Å². The molecule has 1 aliphatic rings. The van der Waals surface area contributed by atoms with E-state index in [9.17, 15) is 20.0 Å². The molecule has 0 unspecified atom stereocenters. The van der Waals surface area contributed by atoms with Gasteiger partial charge in [-0.05, 0) is 12.1 Å². The van der Waals surface area contributed by atoms with Crippen molar-refractivity contribution in [3.05, 3.63) is 28.3 Å². The van der Waals surface area contributed by atoms with Crippen LogP contribution in [0.2, 0.25) is 0 Å². The summed E-state index contributed by atoms with van der Waals surface area (Å²) in [4.78, 5) is 22.2. The Balaban J connectivity index is 2.41. The maximum absolute atomic E-state index is 11.6. The number of rotatable bonds is 5. The highest BCUT2D eigenvalue weighted by Gasteiger charge is 2.41. The van der Waals surface area contributed by atoms with Crippen LogP contribution in [0.4, 0.5) is 11.4 Å². The van der Waals surface area contributed by atoms with E-state index in [1.165, 1.54) is 19.2 Å².